The van der Waals surface area contributed by atoms with Crippen molar-refractivity contribution in [2.75, 3.05) is 10.6 Å². The van der Waals surface area contributed by atoms with Crippen LogP contribution < -0.4 is 10.6 Å². The monoisotopic (exact) mass is 368 g/mol. The maximum Gasteiger partial charge on any atom is 0.175 e. The minimum absolute atomic E-state index is 0.330. The van der Waals surface area contributed by atoms with E-state index in [-0.39, 0.29) is 5.82 Å². The van der Waals surface area contributed by atoms with Gasteiger partial charge < -0.3 is 10.6 Å². The summed E-state index contributed by atoms with van der Waals surface area (Å²) in [5.74, 6) is -0.347. The Balaban J connectivity index is 1.74. The molecule has 6 heteroatoms. The smallest absolute Gasteiger partial charge is 0.175 e. The van der Waals surface area contributed by atoms with Gasteiger partial charge in [-0.3, -0.25) is 4.68 Å². The van der Waals surface area contributed by atoms with E-state index in [9.17, 15) is 4.39 Å². The summed E-state index contributed by atoms with van der Waals surface area (Å²) in [6.45, 7) is 6.66. The van der Waals surface area contributed by atoms with E-state index in [2.05, 4.69) is 46.9 Å². The second-order valence-corrected chi connectivity index (χ2v) is 6.66. The molecule has 0 aliphatic heterocycles. The maximum absolute atomic E-state index is 13.8. The second-order valence-electron chi connectivity index (χ2n) is 6.25. The van der Waals surface area contributed by atoms with E-state index in [1.54, 1.807) is 18.2 Å². The van der Waals surface area contributed by atoms with Crippen molar-refractivity contribution in [1.82, 2.24) is 9.78 Å². The number of nitrogens with one attached hydrogen (secondary N) is 2. The van der Waals surface area contributed by atoms with Crippen molar-refractivity contribution < 1.29 is 4.39 Å². The van der Waals surface area contributed by atoms with Gasteiger partial charge in [0.2, 0.25) is 0 Å². The minimum Gasteiger partial charge on any atom is -0.330 e. The molecule has 1 heterocycles. The number of thiocarbonyl (C=S) groups is 1. The van der Waals surface area contributed by atoms with Crippen LogP contribution in [0.15, 0.2) is 48.5 Å². The molecule has 0 fully saturated rings. The van der Waals surface area contributed by atoms with E-state index in [1.165, 1.54) is 17.2 Å². The normalized spacial score (nSPS) is 10.6. The summed E-state index contributed by atoms with van der Waals surface area (Å²) in [6, 6.07) is 14.8. The first-order valence-corrected chi connectivity index (χ1v) is 8.77. The van der Waals surface area contributed by atoms with Gasteiger partial charge in [0.1, 0.15) is 5.82 Å². The summed E-state index contributed by atoms with van der Waals surface area (Å²) >= 11 is 5.32. The zero-order valence-electron chi connectivity index (χ0n) is 15.0. The Hall–Kier alpha value is -2.73. The first-order valence-electron chi connectivity index (χ1n) is 8.36. The number of rotatable bonds is 4. The van der Waals surface area contributed by atoms with Gasteiger partial charge in [-0.25, -0.2) is 4.39 Å². The van der Waals surface area contributed by atoms with Crippen LogP contribution in [0.3, 0.4) is 0 Å². The molecule has 0 radical (unpaired) electrons. The molecular formula is C20H21FN4S. The number of aromatic nitrogens is 2. The molecule has 1 aromatic heterocycles. The van der Waals surface area contributed by atoms with Crippen LogP contribution in [0.25, 0.3) is 0 Å². The van der Waals surface area contributed by atoms with Gasteiger partial charge in [-0.15, -0.1) is 0 Å². The van der Waals surface area contributed by atoms with Gasteiger partial charge in [-0.2, -0.15) is 5.10 Å². The fraction of sp³-hybridized carbons (Fsp3) is 0.200. The quantitative estimate of drug-likeness (QED) is 0.649. The predicted octanol–water partition coefficient (Wildman–Crippen LogP) is 4.80. The molecule has 2 N–H and O–H groups in total. The third-order valence-electron chi connectivity index (χ3n) is 4.20. The van der Waals surface area contributed by atoms with Crippen LogP contribution in [0.4, 0.5) is 15.8 Å². The molecule has 0 unspecified atom stereocenters. The van der Waals surface area contributed by atoms with Gasteiger partial charge in [-0.05, 0) is 50.7 Å². The molecule has 0 bridgehead atoms. The molecule has 0 saturated carbocycles. The lowest BCUT2D eigenvalue weighted by atomic mass is 10.1. The van der Waals surface area contributed by atoms with Gasteiger partial charge in [0.15, 0.2) is 5.11 Å². The highest BCUT2D eigenvalue weighted by atomic mass is 32.1. The van der Waals surface area contributed by atoms with Crippen molar-refractivity contribution in [3.8, 4) is 0 Å². The number of nitrogens with zero attached hydrogens (tertiary/aromatic N) is 2. The molecule has 26 heavy (non-hydrogen) atoms. The van der Waals surface area contributed by atoms with Crippen molar-refractivity contribution in [2.24, 2.45) is 0 Å². The SMILES string of the molecule is Cc1ccc(Cn2nc(C)c(NC(=S)Nc3ccccc3F)c2C)cc1. The molecule has 0 saturated heterocycles. The van der Waals surface area contributed by atoms with E-state index in [4.69, 9.17) is 12.2 Å². The molecule has 0 atom stereocenters. The standard InChI is InChI=1S/C20H21FN4S/c1-13-8-10-16(11-9-13)12-25-15(3)19(14(2)24-25)23-20(26)22-18-7-5-4-6-17(18)21/h4-11H,12H2,1-3H3,(H2,22,23,26). The highest BCUT2D eigenvalue weighted by molar-refractivity contribution is 7.80. The van der Waals surface area contributed by atoms with Crippen LogP contribution in [-0.2, 0) is 6.54 Å². The van der Waals surface area contributed by atoms with E-state index >= 15 is 0 Å². The van der Waals surface area contributed by atoms with Crippen LogP contribution in [0, 0.1) is 26.6 Å². The van der Waals surface area contributed by atoms with E-state index in [0.717, 1.165) is 17.1 Å². The van der Waals surface area contributed by atoms with Crippen molar-refractivity contribution in [3.05, 3.63) is 76.9 Å². The van der Waals surface area contributed by atoms with Crippen molar-refractivity contribution in [3.63, 3.8) is 0 Å². The maximum atomic E-state index is 13.8. The minimum atomic E-state index is -0.347. The van der Waals surface area contributed by atoms with Gasteiger partial charge in [0.25, 0.3) is 0 Å². The second kappa shape index (κ2) is 7.66. The van der Waals surface area contributed by atoms with E-state index in [0.29, 0.717) is 17.3 Å². The third-order valence-corrected chi connectivity index (χ3v) is 4.40. The molecule has 0 aliphatic carbocycles. The Morgan fingerprint density at radius 2 is 1.73 bits per heavy atom. The number of hydrogen-bond acceptors (Lipinski definition) is 2. The lowest BCUT2D eigenvalue weighted by Gasteiger charge is -2.12. The first kappa shape index (κ1) is 18.1. The molecule has 0 spiro atoms. The Morgan fingerprint density at radius 1 is 1.04 bits per heavy atom. The number of anilines is 2. The van der Waals surface area contributed by atoms with E-state index < -0.39 is 0 Å². The number of hydrogen-bond donors (Lipinski definition) is 2. The lowest BCUT2D eigenvalue weighted by molar-refractivity contribution is 0.632. The average molecular weight is 368 g/mol. The number of halogens is 1. The Morgan fingerprint density at radius 3 is 2.42 bits per heavy atom. The summed E-state index contributed by atoms with van der Waals surface area (Å²) in [7, 11) is 0. The van der Waals surface area contributed by atoms with Gasteiger partial charge in [0.05, 0.1) is 29.3 Å². The van der Waals surface area contributed by atoms with Crippen molar-refractivity contribution in [1.29, 1.82) is 0 Å². The zero-order valence-corrected chi connectivity index (χ0v) is 15.8. The van der Waals surface area contributed by atoms with Crippen LogP contribution >= 0.6 is 12.2 Å². The fourth-order valence-electron chi connectivity index (χ4n) is 2.73. The molecule has 0 amide bonds. The summed E-state index contributed by atoms with van der Waals surface area (Å²) in [5.41, 5.74) is 5.40. The van der Waals surface area contributed by atoms with Gasteiger partial charge in [-0.1, -0.05) is 42.0 Å². The molecule has 2 aromatic carbocycles. The number of para-hydroxylation sites is 1. The molecular weight excluding hydrogens is 347 g/mol. The Bertz CT molecular complexity index is 931. The third kappa shape index (κ3) is 4.08. The summed E-state index contributed by atoms with van der Waals surface area (Å²) in [6.07, 6.45) is 0. The fourth-order valence-corrected chi connectivity index (χ4v) is 2.94. The zero-order chi connectivity index (χ0) is 18.7. The van der Waals surface area contributed by atoms with Crippen molar-refractivity contribution in [2.45, 2.75) is 27.3 Å². The largest absolute Gasteiger partial charge is 0.330 e. The average Bonchev–Trinajstić information content (AvgIpc) is 2.86. The highest BCUT2D eigenvalue weighted by Crippen LogP contribution is 2.21. The summed E-state index contributed by atoms with van der Waals surface area (Å²) in [5, 5.41) is 11.0. The lowest BCUT2D eigenvalue weighted by Crippen LogP contribution is -2.20. The van der Waals surface area contributed by atoms with Crippen LogP contribution in [-0.4, -0.2) is 14.9 Å². The summed E-state index contributed by atoms with van der Waals surface area (Å²) in [4.78, 5) is 0. The molecule has 4 nitrogen and oxygen atoms in total. The molecule has 3 rings (SSSR count). The highest BCUT2D eigenvalue weighted by Gasteiger charge is 2.13. The van der Waals surface area contributed by atoms with Crippen molar-refractivity contribution >= 4 is 28.7 Å². The summed E-state index contributed by atoms with van der Waals surface area (Å²) < 4.78 is 15.7. The van der Waals surface area contributed by atoms with Gasteiger partial charge >= 0.3 is 0 Å². The number of aryl methyl sites for hydroxylation is 2. The molecule has 0 aliphatic rings. The Labute approximate surface area is 158 Å². The molecule has 134 valence electrons. The van der Waals surface area contributed by atoms with Crippen LogP contribution in [0.2, 0.25) is 0 Å². The number of benzene rings is 2. The Kier molecular flexibility index (Phi) is 5.32. The van der Waals surface area contributed by atoms with Crippen LogP contribution in [0.1, 0.15) is 22.5 Å². The predicted molar refractivity (Wildman–Crippen MR) is 108 cm³/mol. The topological polar surface area (TPSA) is 41.9 Å². The first-order chi connectivity index (χ1) is 12.4. The van der Waals surface area contributed by atoms with Gasteiger partial charge in [0, 0.05) is 0 Å². The van der Waals surface area contributed by atoms with E-state index in [1.807, 2.05) is 18.5 Å². The molecule has 3 aromatic rings. The van der Waals surface area contributed by atoms with Crippen LogP contribution in [0.5, 0.6) is 0 Å².